The Morgan fingerprint density at radius 2 is 1.90 bits per heavy atom. The lowest BCUT2D eigenvalue weighted by molar-refractivity contribution is -0.142. The average Bonchev–Trinajstić information content (AvgIpc) is 3.15. The van der Waals surface area contributed by atoms with E-state index in [1.54, 1.807) is 6.20 Å². The van der Waals surface area contributed by atoms with Crippen LogP contribution in [0.15, 0.2) is 12.5 Å². The van der Waals surface area contributed by atoms with Crippen LogP contribution in [0.3, 0.4) is 0 Å². The van der Waals surface area contributed by atoms with Crippen molar-refractivity contribution in [3.63, 3.8) is 0 Å². The smallest absolute Gasteiger partial charge is 0.326 e. The van der Waals surface area contributed by atoms with E-state index in [1.807, 2.05) is 13.8 Å². The number of carboxylic acids is 1. The molecule has 3 amide bonds. The van der Waals surface area contributed by atoms with E-state index < -0.39 is 41.8 Å². The quantitative estimate of drug-likeness (QED) is 0.196. The molecule has 0 aliphatic rings. The number of hydrogen-bond acceptors (Lipinski definition) is 7. The first-order valence-corrected chi connectivity index (χ1v) is 9.71. The molecule has 0 fully saturated rings. The van der Waals surface area contributed by atoms with Gasteiger partial charge < -0.3 is 31.8 Å². The van der Waals surface area contributed by atoms with Gasteiger partial charge in [0.2, 0.25) is 17.7 Å². The van der Waals surface area contributed by atoms with Crippen molar-refractivity contribution in [3.05, 3.63) is 18.2 Å². The van der Waals surface area contributed by atoms with Crippen LogP contribution in [0.2, 0.25) is 0 Å². The monoisotopic (exact) mass is 428 g/mol. The van der Waals surface area contributed by atoms with E-state index in [9.17, 15) is 24.3 Å². The lowest BCUT2D eigenvalue weighted by Crippen LogP contribution is -2.54. The average molecular weight is 429 g/mol. The van der Waals surface area contributed by atoms with Gasteiger partial charge >= 0.3 is 5.97 Å². The molecule has 162 valence electrons. The Balaban J connectivity index is 2.49. The van der Waals surface area contributed by atoms with E-state index in [4.69, 9.17) is 5.73 Å². The van der Waals surface area contributed by atoms with Crippen molar-refractivity contribution in [2.24, 2.45) is 11.7 Å². The molecule has 7 N–H and O–H groups in total. The van der Waals surface area contributed by atoms with Crippen LogP contribution in [-0.2, 0) is 25.6 Å². The summed E-state index contributed by atoms with van der Waals surface area (Å²) in [4.78, 5) is 54.2. The third-order valence-electron chi connectivity index (χ3n) is 3.91. The van der Waals surface area contributed by atoms with Crippen molar-refractivity contribution in [3.8, 4) is 0 Å². The van der Waals surface area contributed by atoms with Crippen LogP contribution in [-0.4, -0.2) is 69.2 Å². The van der Waals surface area contributed by atoms with Crippen LogP contribution in [0.1, 0.15) is 26.0 Å². The molecule has 11 nitrogen and oxygen atoms in total. The number of carbonyl (C=O) groups excluding carboxylic acids is 3. The molecule has 3 atom stereocenters. The van der Waals surface area contributed by atoms with Crippen molar-refractivity contribution >= 4 is 36.3 Å². The SMILES string of the molecule is CC(C)CC(NC(=O)C(CS)NC(=O)CNC(=O)C(N)Cc1cnc[nH]1)C(=O)O. The molecule has 29 heavy (non-hydrogen) atoms. The summed E-state index contributed by atoms with van der Waals surface area (Å²) in [6.45, 7) is 3.28. The number of imidazole rings is 1. The number of nitrogens with zero attached hydrogens (tertiary/aromatic N) is 1. The van der Waals surface area contributed by atoms with E-state index in [0.717, 1.165) is 0 Å². The fourth-order valence-electron chi connectivity index (χ4n) is 2.43. The molecule has 12 heteroatoms. The number of aromatic nitrogens is 2. The second-order valence-corrected chi connectivity index (χ2v) is 7.30. The second kappa shape index (κ2) is 12.1. The Kier molecular flexibility index (Phi) is 10.2. The summed E-state index contributed by atoms with van der Waals surface area (Å²) in [5, 5.41) is 16.4. The molecular weight excluding hydrogens is 400 g/mol. The molecule has 0 aliphatic heterocycles. The maximum absolute atomic E-state index is 12.3. The van der Waals surface area contributed by atoms with Crippen molar-refractivity contribution in [1.29, 1.82) is 0 Å². The Labute approximate surface area is 174 Å². The van der Waals surface area contributed by atoms with Gasteiger partial charge in [-0.15, -0.1) is 0 Å². The predicted octanol–water partition coefficient (Wildman–Crippen LogP) is -1.57. The molecule has 3 unspecified atom stereocenters. The second-order valence-electron chi connectivity index (χ2n) is 6.94. The Bertz CT molecular complexity index is 696. The molecule has 0 spiro atoms. The number of amides is 3. The molecule has 0 bridgehead atoms. The fourth-order valence-corrected chi connectivity index (χ4v) is 2.69. The number of H-pyrrole nitrogens is 1. The van der Waals surface area contributed by atoms with Gasteiger partial charge in [0, 0.05) is 24.1 Å². The van der Waals surface area contributed by atoms with Gasteiger partial charge in [-0.2, -0.15) is 12.6 Å². The molecule has 1 aromatic rings. The highest BCUT2D eigenvalue weighted by atomic mass is 32.1. The normalized spacial score (nSPS) is 14.0. The van der Waals surface area contributed by atoms with E-state index in [2.05, 4.69) is 38.5 Å². The van der Waals surface area contributed by atoms with Crippen molar-refractivity contribution in [1.82, 2.24) is 25.9 Å². The minimum Gasteiger partial charge on any atom is -0.480 e. The highest BCUT2D eigenvalue weighted by Crippen LogP contribution is 2.05. The fraction of sp³-hybridized carbons (Fsp3) is 0.588. The molecule has 0 aliphatic carbocycles. The van der Waals surface area contributed by atoms with Crippen molar-refractivity contribution in [2.75, 3.05) is 12.3 Å². The summed E-state index contributed by atoms with van der Waals surface area (Å²) < 4.78 is 0. The number of nitrogens with one attached hydrogen (secondary N) is 4. The Morgan fingerprint density at radius 3 is 2.41 bits per heavy atom. The summed E-state index contributed by atoms with van der Waals surface area (Å²) in [5.74, 6) is -2.97. The summed E-state index contributed by atoms with van der Waals surface area (Å²) >= 11 is 4.02. The maximum Gasteiger partial charge on any atom is 0.326 e. The lowest BCUT2D eigenvalue weighted by Gasteiger charge is -2.21. The first kappa shape index (κ1) is 24.4. The molecule has 1 aromatic heterocycles. The lowest BCUT2D eigenvalue weighted by atomic mass is 10.0. The number of hydrogen-bond donors (Lipinski definition) is 7. The standard InChI is InChI=1S/C17H28N6O5S/c1-9(2)3-12(17(27)28)23-16(26)13(7-29)22-14(24)6-20-15(25)11(18)4-10-5-19-8-21-10/h5,8-9,11-13,29H,3-4,6-7,18H2,1-2H3,(H,19,21)(H,20,25)(H,22,24)(H,23,26)(H,27,28). The topological polar surface area (TPSA) is 179 Å². The van der Waals surface area contributed by atoms with Crippen LogP contribution in [0.25, 0.3) is 0 Å². The number of carbonyl (C=O) groups is 4. The third kappa shape index (κ3) is 8.96. The summed E-state index contributed by atoms with van der Waals surface area (Å²) in [6.07, 6.45) is 3.48. The largest absolute Gasteiger partial charge is 0.480 e. The minimum absolute atomic E-state index is 0.0428. The number of carboxylic acid groups (broad SMARTS) is 1. The van der Waals surface area contributed by atoms with Crippen molar-refractivity contribution < 1.29 is 24.3 Å². The van der Waals surface area contributed by atoms with Crippen LogP contribution in [0.5, 0.6) is 0 Å². The Hall–Kier alpha value is -2.60. The predicted molar refractivity (Wildman–Crippen MR) is 108 cm³/mol. The molecule has 1 heterocycles. The van der Waals surface area contributed by atoms with E-state index in [0.29, 0.717) is 5.69 Å². The highest BCUT2D eigenvalue weighted by molar-refractivity contribution is 7.80. The number of aliphatic carboxylic acids is 1. The zero-order valence-electron chi connectivity index (χ0n) is 16.3. The van der Waals surface area contributed by atoms with E-state index in [1.165, 1.54) is 6.33 Å². The van der Waals surface area contributed by atoms with Gasteiger partial charge in [0.15, 0.2) is 0 Å². The maximum atomic E-state index is 12.3. The third-order valence-corrected chi connectivity index (χ3v) is 4.28. The van der Waals surface area contributed by atoms with E-state index >= 15 is 0 Å². The van der Waals surface area contributed by atoms with Gasteiger partial charge in [0.25, 0.3) is 0 Å². The van der Waals surface area contributed by atoms with Crippen LogP contribution in [0.4, 0.5) is 0 Å². The molecular formula is C17H28N6O5S. The van der Waals surface area contributed by atoms with Crippen molar-refractivity contribution in [2.45, 2.75) is 44.8 Å². The summed E-state index contributed by atoms with van der Waals surface area (Å²) in [5.41, 5.74) is 6.45. The van der Waals surface area contributed by atoms with Crippen LogP contribution >= 0.6 is 12.6 Å². The van der Waals surface area contributed by atoms with Gasteiger partial charge in [-0.25, -0.2) is 9.78 Å². The number of aromatic amines is 1. The summed E-state index contributed by atoms with van der Waals surface area (Å²) in [7, 11) is 0. The van der Waals surface area contributed by atoms with Gasteiger partial charge in [-0.05, 0) is 12.3 Å². The number of rotatable bonds is 12. The highest BCUT2D eigenvalue weighted by Gasteiger charge is 2.26. The minimum atomic E-state index is -1.16. The van der Waals surface area contributed by atoms with Gasteiger partial charge in [-0.1, -0.05) is 13.8 Å². The van der Waals surface area contributed by atoms with Gasteiger partial charge in [0.05, 0.1) is 18.9 Å². The molecule has 0 saturated carbocycles. The summed E-state index contributed by atoms with van der Waals surface area (Å²) in [6, 6.07) is -2.99. The van der Waals surface area contributed by atoms with Crippen LogP contribution < -0.4 is 21.7 Å². The zero-order chi connectivity index (χ0) is 22.0. The first-order chi connectivity index (χ1) is 13.6. The Morgan fingerprint density at radius 1 is 1.21 bits per heavy atom. The molecule has 0 saturated heterocycles. The zero-order valence-corrected chi connectivity index (χ0v) is 17.2. The van der Waals surface area contributed by atoms with Gasteiger partial charge in [0.1, 0.15) is 12.1 Å². The number of nitrogens with two attached hydrogens (primary N) is 1. The molecule has 1 rings (SSSR count). The number of thiol groups is 1. The molecule has 0 radical (unpaired) electrons. The molecule has 0 aromatic carbocycles. The van der Waals surface area contributed by atoms with Crippen LogP contribution in [0, 0.1) is 5.92 Å². The first-order valence-electron chi connectivity index (χ1n) is 9.08. The van der Waals surface area contributed by atoms with Gasteiger partial charge in [-0.3, -0.25) is 14.4 Å². The van der Waals surface area contributed by atoms with E-state index in [-0.39, 0.29) is 31.1 Å².